The van der Waals surface area contributed by atoms with Gasteiger partial charge in [0.15, 0.2) is 0 Å². The molecular weight excluding hydrogens is 268 g/mol. The Balaban J connectivity index is 1.77. The summed E-state index contributed by atoms with van der Waals surface area (Å²) in [6.07, 6.45) is 8.00. The molecule has 2 amide bonds. The topological polar surface area (TPSA) is 41.1 Å². The predicted octanol–water partition coefficient (Wildman–Crippen LogP) is 4.50. The molecule has 2 N–H and O–H groups in total. The lowest BCUT2D eigenvalue weighted by molar-refractivity contribution is 0.237. The Labute approximate surface area is 125 Å². The monoisotopic (exact) mass is 292 g/mol. The van der Waals surface area contributed by atoms with Crippen LogP contribution in [0.4, 0.5) is 10.5 Å². The number of benzene rings is 1. The highest BCUT2D eigenvalue weighted by molar-refractivity contribution is 7.98. The van der Waals surface area contributed by atoms with E-state index < -0.39 is 0 Å². The van der Waals surface area contributed by atoms with Gasteiger partial charge in [-0.3, -0.25) is 0 Å². The average molecular weight is 292 g/mol. The Kier molecular flexibility index (Phi) is 5.77. The highest BCUT2D eigenvalue weighted by atomic mass is 32.2. The lowest BCUT2D eigenvalue weighted by atomic mass is 9.85. The first-order chi connectivity index (χ1) is 9.71. The Morgan fingerprint density at radius 3 is 2.40 bits per heavy atom. The van der Waals surface area contributed by atoms with Gasteiger partial charge in [-0.1, -0.05) is 13.3 Å². The number of urea groups is 1. The summed E-state index contributed by atoms with van der Waals surface area (Å²) >= 11 is 1.70. The fourth-order valence-electron chi connectivity index (χ4n) is 2.74. The molecule has 1 saturated carbocycles. The molecule has 0 spiro atoms. The number of hydrogen-bond donors (Lipinski definition) is 2. The predicted molar refractivity (Wildman–Crippen MR) is 86.4 cm³/mol. The van der Waals surface area contributed by atoms with Crippen LogP contribution in [0.2, 0.25) is 0 Å². The quantitative estimate of drug-likeness (QED) is 0.802. The third-order valence-corrected chi connectivity index (χ3v) is 4.85. The van der Waals surface area contributed by atoms with Crippen molar-refractivity contribution in [2.45, 2.75) is 50.0 Å². The highest BCUT2D eigenvalue weighted by Crippen LogP contribution is 2.26. The largest absolute Gasteiger partial charge is 0.335 e. The van der Waals surface area contributed by atoms with Gasteiger partial charge in [-0.2, -0.15) is 0 Å². The number of nitrogens with one attached hydrogen (secondary N) is 2. The standard InChI is InChI=1S/C16H24N2OS/c1-3-12-4-6-13(7-5-12)17-16(19)18-14-8-10-15(20-2)11-9-14/h8-13H,3-7H2,1-2H3,(H2,17,18,19). The minimum absolute atomic E-state index is 0.0816. The minimum Gasteiger partial charge on any atom is -0.335 e. The summed E-state index contributed by atoms with van der Waals surface area (Å²) in [7, 11) is 0. The maximum atomic E-state index is 12.0. The minimum atomic E-state index is -0.0816. The second-order valence-electron chi connectivity index (χ2n) is 5.45. The zero-order valence-electron chi connectivity index (χ0n) is 12.3. The number of thioether (sulfide) groups is 1. The van der Waals surface area contributed by atoms with Crippen LogP contribution < -0.4 is 10.6 Å². The van der Waals surface area contributed by atoms with Crippen LogP contribution in [-0.4, -0.2) is 18.3 Å². The van der Waals surface area contributed by atoms with E-state index in [0.717, 1.165) is 24.4 Å². The molecule has 2 rings (SSSR count). The summed E-state index contributed by atoms with van der Waals surface area (Å²) < 4.78 is 0. The lowest BCUT2D eigenvalue weighted by Gasteiger charge is -2.28. The van der Waals surface area contributed by atoms with Crippen molar-refractivity contribution in [1.29, 1.82) is 0 Å². The van der Waals surface area contributed by atoms with Crippen molar-refractivity contribution in [3.63, 3.8) is 0 Å². The van der Waals surface area contributed by atoms with Gasteiger partial charge in [0.25, 0.3) is 0 Å². The summed E-state index contributed by atoms with van der Waals surface area (Å²) in [4.78, 5) is 13.2. The summed E-state index contributed by atoms with van der Waals surface area (Å²) in [6, 6.07) is 8.18. The van der Waals surface area contributed by atoms with Crippen LogP contribution in [0.5, 0.6) is 0 Å². The smallest absolute Gasteiger partial charge is 0.319 e. The summed E-state index contributed by atoms with van der Waals surface area (Å²) in [5.41, 5.74) is 0.850. The van der Waals surface area contributed by atoms with Crippen molar-refractivity contribution < 1.29 is 4.79 Å². The summed E-state index contributed by atoms with van der Waals surface area (Å²) in [5.74, 6) is 0.857. The SMILES string of the molecule is CCC1CCC(NC(=O)Nc2ccc(SC)cc2)CC1. The molecule has 0 bridgehead atoms. The van der Waals surface area contributed by atoms with Crippen molar-refractivity contribution in [3.8, 4) is 0 Å². The number of rotatable bonds is 4. The number of hydrogen-bond acceptors (Lipinski definition) is 2. The van der Waals surface area contributed by atoms with Crippen molar-refractivity contribution in [1.82, 2.24) is 5.32 Å². The van der Waals surface area contributed by atoms with Gasteiger partial charge in [0.2, 0.25) is 0 Å². The van der Waals surface area contributed by atoms with Crippen LogP contribution in [0.25, 0.3) is 0 Å². The van der Waals surface area contributed by atoms with E-state index in [9.17, 15) is 4.79 Å². The van der Waals surface area contributed by atoms with Crippen LogP contribution >= 0.6 is 11.8 Å². The molecule has 0 saturated heterocycles. The van der Waals surface area contributed by atoms with Crippen LogP contribution in [0.3, 0.4) is 0 Å². The van der Waals surface area contributed by atoms with Crippen LogP contribution in [0.1, 0.15) is 39.0 Å². The molecule has 1 aromatic carbocycles. The molecular formula is C16H24N2OS. The highest BCUT2D eigenvalue weighted by Gasteiger charge is 2.21. The fraction of sp³-hybridized carbons (Fsp3) is 0.562. The number of amides is 2. The molecule has 1 aliphatic rings. The number of carbonyl (C=O) groups is 1. The molecule has 0 atom stereocenters. The molecule has 110 valence electrons. The number of anilines is 1. The molecule has 0 radical (unpaired) electrons. The van der Waals surface area contributed by atoms with Gasteiger partial charge in [0.05, 0.1) is 0 Å². The van der Waals surface area contributed by atoms with E-state index in [2.05, 4.69) is 17.6 Å². The van der Waals surface area contributed by atoms with Gasteiger partial charge in [-0.15, -0.1) is 11.8 Å². The van der Waals surface area contributed by atoms with E-state index in [0.29, 0.717) is 6.04 Å². The fourth-order valence-corrected chi connectivity index (χ4v) is 3.15. The second kappa shape index (κ2) is 7.58. The molecule has 3 nitrogen and oxygen atoms in total. The maximum absolute atomic E-state index is 12.0. The van der Waals surface area contributed by atoms with Gasteiger partial charge in [0, 0.05) is 16.6 Å². The molecule has 0 unspecified atom stereocenters. The van der Waals surface area contributed by atoms with E-state index in [1.807, 2.05) is 30.5 Å². The van der Waals surface area contributed by atoms with Crippen molar-refractivity contribution in [3.05, 3.63) is 24.3 Å². The molecule has 0 heterocycles. The number of carbonyl (C=O) groups excluding carboxylic acids is 1. The zero-order chi connectivity index (χ0) is 14.4. The van der Waals surface area contributed by atoms with E-state index in [1.54, 1.807) is 11.8 Å². The Morgan fingerprint density at radius 1 is 1.20 bits per heavy atom. The van der Waals surface area contributed by atoms with Crippen LogP contribution in [0, 0.1) is 5.92 Å². The maximum Gasteiger partial charge on any atom is 0.319 e. The van der Waals surface area contributed by atoms with E-state index >= 15 is 0 Å². The zero-order valence-corrected chi connectivity index (χ0v) is 13.1. The first kappa shape index (κ1) is 15.2. The second-order valence-corrected chi connectivity index (χ2v) is 6.33. The van der Waals surface area contributed by atoms with Gasteiger partial charge in [-0.05, 0) is 62.1 Å². The first-order valence-electron chi connectivity index (χ1n) is 7.42. The molecule has 0 aromatic heterocycles. The van der Waals surface area contributed by atoms with Crippen molar-refractivity contribution >= 4 is 23.5 Å². The normalized spacial score (nSPS) is 22.3. The van der Waals surface area contributed by atoms with Crippen molar-refractivity contribution in [2.24, 2.45) is 5.92 Å². The summed E-state index contributed by atoms with van der Waals surface area (Å²) in [5, 5.41) is 5.99. The molecule has 4 heteroatoms. The molecule has 0 aliphatic heterocycles. The molecule has 1 aliphatic carbocycles. The molecule has 1 fully saturated rings. The molecule has 20 heavy (non-hydrogen) atoms. The lowest BCUT2D eigenvalue weighted by Crippen LogP contribution is -2.40. The van der Waals surface area contributed by atoms with Crippen LogP contribution in [0.15, 0.2) is 29.2 Å². The Morgan fingerprint density at radius 2 is 1.85 bits per heavy atom. The average Bonchev–Trinajstić information content (AvgIpc) is 2.49. The van der Waals surface area contributed by atoms with E-state index in [-0.39, 0.29) is 6.03 Å². The first-order valence-corrected chi connectivity index (χ1v) is 8.65. The van der Waals surface area contributed by atoms with Crippen LogP contribution in [-0.2, 0) is 0 Å². The van der Waals surface area contributed by atoms with E-state index in [1.165, 1.54) is 24.2 Å². The van der Waals surface area contributed by atoms with Gasteiger partial charge in [-0.25, -0.2) is 4.79 Å². The molecule has 1 aromatic rings. The van der Waals surface area contributed by atoms with Gasteiger partial charge in [0.1, 0.15) is 0 Å². The van der Waals surface area contributed by atoms with Crippen molar-refractivity contribution in [2.75, 3.05) is 11.6 Å². The van der Waals surface area contributed by atoms with Gasteiger partial charge >= 0.3 is 6.03 Å². The summed E-state index contributed by atoms with van der Waals surface area (Å²) in [6.45, 7) is 2.25. The van der Waals surface area contributed by atoms with Gasteiger partial charge < -0.3 is 10.6 Å². The Hall–Kier alpha value is -1.16. The van der Waals surface area contributed by atoms with E-state index in [4.69, 9.17) is 0 Å². The Bertz CT molecular complexity index is 425. The third kappa shape index (κ3) is 4.44. The third-order valence-electron chi connectivity index (χ3n) is 4.11.